The van der Waals surface area contributed by atoms with Crippen LogP contribution in [-0.4, -0.2) is 11.4 Å². The molecule has 0 bridgehead atoms. The van der Waals surface area contributed by atoms with Gasteiger partial charge in [-0.15, -0.1) is 8.78 Å². The fraction of sp³-hybridized carbons (Fsp3) is 0.500. The molecule has 92 valence electrons. The van der Waals surface area contributed by atoms with Crippen LogP contribution in [0.25, 0.3) is 0 Å². The molecule has 5 heteroatoms. The first-order valence-corrected chi connectivity index (χ1v) is 5.51. The maximum absolute atomic E-state index is 12.8. The first-order chi connectivity index (χ1) is 7.88. The van der Waals surface area contributed by atoms with Crippen molar-refractivity contribution in [3.8, 4) is 11.5 Å². The zero-order valence-corrected chi connectivity index (χ0v) is 9.24. The van der Waals surface area contributed by atoms with Gasteiger partial charge in [-0.3, -0.25) is 0 Å². The Balaban J connectivity index is 1.95. The van der Waals surface area contributed by atoms with E-state index in [1.165, 1.54) is 12.1 Å². The second-order valence-corrected chi connectivity index (χ2v) is 4.75. The van der Waals surface area contributed by atoms with Crippen LogP contribution < -0.4 is 9.47 Å². The van der Waals surface area contributed by atoms with Gasteiger partial charge in [-0.25, -0.2) is 0 Å². The summed E-state index contributed by atoms with van der Waals surface area (Å²) in [7, 11) is 0. The summed E-state index contributed by atoms with van der Waals surface area (Å²) in [6.07, 6.45) is -1.69. The highest BCUT2D eigenvalue weighted by atomic mass is 19.3. The Kier molecular flexibility index (Phi) is 1.96. The Morgan fingerprint density at radius 3 is 2.59 bits per heavy atom. The van der Waals surface area contributed by atoms with Gasteiger partial charge in [0.15, 0.2) is 11.5 Å². The topological polar surface area (TPSA) is 38.7 Å². The van der Waals surface area contributed by atoms with E-state index in [0.717, 1.165) is 12.8 Å². The van der Waals surface area contributed by atoms with E-state index < -0.39 is 11.9 Å². The Labute approximate surface area is 97.0 Å². The predicted molar refractivity (Wildman–Crippen MR) is 54.9 cm³/mol. The van der Waals surface area contributed by atoms with Gasteiger partial charge in [-0.05, 0) is 43.4 Å². The lowest BCUT2D eigenvalue weighted by Crippen LogP contribution is -2.26. The first-order valence-electron chi connectivity index (χ1n) is 5.51. The van der Waals surface area contributed by atoms with Gasteiger partial charge in [0, 0.05) is 0 Å². The SMILES string of the molecule is CC(O)(c1ccc2c(c1)OC(F)(F)O2)C1CC1. The van der Waals surface area contributed by atoms with Gasteiger partial charge in [-0.1, -0.05) is 6.07 Å². The molecule has 17 heavy (non-hydrogen) atoms. The Bertz CT molecular complexity index is 467. The smallest absolute Gasteiger partial charge is 0.395 e. The Morgan fingerprint density at radius 2 is 1.94 bits per heavy atom. The minimum absolute atomic E-state index is 0.00495. The van der Waals surface area contributed by atoms with E-state index in [1.807, 2.05) is 0 Å². The zero-order valence-electron chi connectivity index (χ0n) is 9.24. The van der Waals surface area contributed by atoms with Crippen molar-refractivity contribution in [2.45, 2.75) is 31.7 Å². The van der Waals surface area contributed by atoms with Crippen LogP contribution in [-0.2, 0) is 5.60 Å². The second kappa shape index (κ2) is 3.10. The second-order valence-electron chi connectivity index (χ2n) is 4.75. The molecule has 1 aromatic rings. The fourth-order valence-electron chi connectivity index (χ4n) is 2.14. The summed E-state index contributed by atoms with van der Waals surface area (Å²) in [6, 6.07) is 4.43. The van der Waals surface area contributed by atoms with Crippen LogP contribution in [0.2, 0.25) is 0 Å². The van der Waals surface area contributed by atoms with E-state index in [2.05, 4.69) is 9.47 Å². The molecule has 2 aliphatic rings. The number of alkyl halides is 2. The van der Waals surface area contributed by atoms with E-state index in [4.69, 9.17) is 0 Å². The van der Waals surface area contributed by atoms with Gasteiger partial charge in [0.2, 0.25) is 0 Å². The molecule has 0 amide bonds. The summed E-state index contributed by atoms with van der Waals surface area (Å²) in [5, 5.41) is 10.3. The van der Waals surface area contributed by atoms with Crippen molar-refractivity contribution in [2.24, 2.45) is 5.92 Å². The van der Waals surface area contributed by atoms with Crippen LogP contribution in [0.3, 0.4) is 0 Å². The number of ether oxygens (including phenoxy) is 2. The predicted octanol–water partition coefficient (Wildman–Crippen LogP) is 2.63. The summed E-state index contributed by atoms with van der Waals surface area (Å²) < 4.78 is 34.3. The van der Waals surface area contributed by atoms with Crippen molar-refractivity contribution in [3.05, 3.63) is 23.8 Å². The number of benzene rings is 1. The van der Waals surface area contributed by atoms with Gasteiger partial charge < -0.3 is 14.6 Å². The van der Waals surface area contributed by atoms with Crippen molar-refractivity contribution in [1.82, 2.24) is 0 Å². The normalized spacial score (nSPS) is 24.5. The molecule has 0 saturated heterocycles. The Hall–Kier alpha value is -1.36. The number of hydrogen-bond acceptors (Lipinski definition) is 3. The third-order valence-corrected chi connectivity index (χ3v) is 3.36. The third-order valence-electron chi connectivity index (χ3n) is 3.36. The lowest BCUT2D eigenvalue weighted by Gasteiger charge is -2.23. The van der Waals surface area contributed by atoms with Crippen LogP contribution in [0.15, 0.2) is 18.2 Å². The standard InChI is InChI=1S/C12H12F2O3/c1-11(15,7-2-3-7)8-4-5-9-10(6-8)17-12(13,14)16-9/h4-7,15H,2-3H2,1H3. The molecular weight excluding hydrogens is 230 g/mol. The maximum Gasteiger partial charge on any atom is 0.586 e. The molecule has 1 unspecified atom stereocenters. The molecule has 0 radical (unpaired) electrons. The van der Waals surface area contributed by atoms with E-state index in [-0.39, 0.29) is 17.4 Å². The zero-order chi connectivity index (χ0) is 12.3. The number of aliphatic hydroxyl groups is 1. The van der Waals surface area contributed by atoms with Gasteiger partial charge in [0.05, 0.1) is 5.60 Å². The minimum atomic E-state index is -3.60. The average molecular weight is 242 g/mol. The number of halogens is 2. The van der Waals surface area contributed by atoms with Crippen LogP contribution in [0, 0.1) is 5.92 Å². The summed E-state index contributed by atoms with van der Waals surface area (Å²) in [4.78, 5) is 0. The van der Waals surface area contributed by atoms with Crippen molar-refractivity contribution in [2.75, 3.05) is 0 Å². The average Bonchev–Trinajstić information content (AvgIpc) is 2.99. The third kappa shape index (κ3) is 1.74. The molecule has 1 saturated carbocycles. The molecule has 1 aromatic carbocycles. The highest BCUT2D eigenvalue weighted by Gasteiger charge is 2.46. The highest BCUT2D eigenvalue weighted by Crippen LogP contribution is 2.48. The van der Waals surface area contributed by atoms with E-state index in [1.54, 1.807) is 13.0 Å². The van der Waals surface area contributed by atoms with Crippen molar-refractivity contribution < 1.29 is 23.4 Å². The van der Waals surface area contributed by atoms with E-state index in [0.29, 0.717) is 5.56 Å². The Morgan fingerprint density at radius 1 is 1.29 bits per heavy atom. The highest BCUT2D eigenvalue weighted by molar-refractivity contribution is 5.46. The molecule has 1 atom stereocenters. The summed E-state index contributed by atoms with van der Waals surface area (Å²) in [6.45, 7) is 1.69. The monoisotopic (exact) mass is 242 g/mol. The van der Waals surface area contributed by atoms with Crippen LogP contribution in [0.1, 0.15) is 25.3 Å². The molecule has 0 spiro atoms. The lowest BCUT2D eigenvalue weighted by molar-refractivity contribution is -0.286. The van der Waals surface area contributed by atoms with Crippen LogP contribution >= 0.6 is 0 Å². The van der Waals surface area contributed by atoms with Gasteiger partial charge >= 0.3 is 6.29 Å². The molecule has 1 aliphatic carbocycles. The summed E-state index contributed by atoms with van der Waals surface area (Å²) >= 11 is 0. The molecule has 1 fully saturated rings. The maximum atomic E-state index is 12.8. The molecule has 3 nitrogen and oxygen atoms in total. The minimum Gasteiger partial charge on any atom is -0.395 e. The van der Waals surface area contributed by atoms with Gasteiger partial charge in [0.1, 0.15) is 0 Å². The number of rotatable bonds is 2. The molecule has 1 heterocycles. The van der Waals surface area contributed by atoms with Gasteiger partial charge in [-0.2, -0.15) is 0 Å². The summed E-state index contributed by atoms with van der Waals surface area (Å²) in [5.41, 5.74) is -0.406. The van der Waals surface area contributed by atoms with E-state index in [9.17, 15) is 13.9 Å². The quantitative estimate of drug-likeness (QED) is 0.866. The fourth-order valence-corrected chi connectivity index (χ4v) is 2.14. The molecule has 1 N–H and O–H groups in total. The number of fused-ring (bicyclic) bond motifs is 1. The molecule has 3 rings (SSSR count). The first kappa shape index (κ1) is 10.8. The van der Waals surface area contributed by atoms with Crippen molar-refractivity contribution in [3.63, 3.8) is 0 Å². The molecule has 0 aromatic heterocycles. The lowest BCUT2D eigenvalue weighted by atomic mass is 9.91. The molecular formula is C12H12F2O3. The van der Waals surface area contributed by atoms with Crippen LogP contribution in [0.5, 0.6) is 11.5 Å². The van der Waals surface area contributed by atoms with Crippen molar-refractivity contribution in [1.29, 1.82) is 0 Å². The number of hydrogen-bond donors (Lipinski definition) is 1. The van der Waals surface area contributed by atoms with Crippen molar-refractivity contribution >= 4 is 0 Å². The van der Waals surface area contributed by atoms with E-state index >= 15 is 0 Å². The van der Waals surface area contributed by atoms with Gasteiger partial charge in [0.25, 0.3) is 0 Å². The largest absolute Gasteiger partial charge is 0.586 e. The molecule has 1 aliphatic heterocycles. The van der Waals surface area contributed by atoms with Crippen LogP contribution in [0.4, 0.5) is 8.78 Å². The summed E-state index contributed by atoms with van der Waals surface area (Å²) in [5.74, 6) is 0.183.